The highest BCUT2D eigenvalue weighted by molar-refractivity contribution is 5.83. The van der Waals surface area contributed by atoms with Gasteiger partial charge in [-0.1, -0.05) is 0 Å². The van der Waals surface area contributed by atoms with Crippen molar-refractivity contribution in [2.45, 2.75) is 19.6 Å². The van der Waals surface area contributed by atoms with E-state index >= 15 is 0 Å². The van der Waals surface area contributed by atoms with Crippen LogP contribution in [-0.4, -0.2) is 19.5 Å². The molecule has 1 aliphatic rings. The first-order valence-electron chi connectivity index (χ1n) is 7.64. The highest BCUT2D eigenvalue weighted by atomic mass is 19.4. The van der Waals surface area contributed by atoms with E-state index in [0.29, 0.717) is 23.5 Å². The van der Waals surface area contributed by atoms with Crippen molar-refractivity contribution in [1.82, 2.24) is 19.5 Å². The van der Waals surface area contributed by atoms with Crippen molar-refractivity contribution in [2.24, 2.45) is 7.05 Å². The minimum atomic E-state index is -4.50. The van der Waals surface area contributed by atoms with E-state index in [0.717, 1.165) is 17.5 Å². The molecular weight excluding hydrogens is 331 g/mol. The average Bonchev–Trinajstić information content (AvgIpc) is 2.94. The zero-order chi connectivity index (χ0) is 17.8. The van der Waals surface area contributed by atoms with Gasteiger partial charge in [-0.15, -0.1) is 0 Å². The summed E-state index contributed by atoms with van der Waals surface area (Å²) >= 11 is 0. The Bertz CT molecular complexity index is 961. The van der Waals surface area contributed by atoms with Crippen molar-refractivity contribution >= 4 is 11.5 Å². The summed E-state index contributed by atoms with van der Waals surface area (Å²) < 4.78 is 41.3. The Morgan fingerprint density at radius 2 is 1.92 bits per heavy atom. The molecule has 0 aliphatic carbocycles. The van der Waals surface area contributed by atoms with Gasteiger partial charge in [-0.2, -0.15) is 13.2 Å². The molecule has 0 fully saturated rings. The Hall–Kier alpha value is -2.90. The number of alkyl halides is 3. The third kappa shape index (κ3) is 2.45. The molecule has 0 radical (unpaired) electrons. The lowest BCUT2D eigenvalue weighted by molar-refractivity contribution is -0.141. The van der Waals surface area contributed by atoms with E-state index in [9.17, 15) is 13.2 Å². The number of hydrogen-bond acceptors (Lipinski definition) is 4. The first-order valence-corrected chi connectivity index (χ1v) is 7.64. The fourth-order valence-electron chi connectivity index (χ4n) is 3.12. The third-order valence-electron chi connectivity index (χ3n) is 4.27. The highest BCUT2D eigenvalue weighted by Crippen LogP contribution is 2.43. The molecule has 128 valence electrons. The quantitative estimate of drug-likeness (QED) is 0.672. The van der Waals surface area contributed by atoms with Gasteiger partial charge in [0.2, 0.25) is 0 Å². The predicted octanol–water partition coefficient (Wildman–Crippen LogP) is 3.86. The molecular formula is C17H14F3N5. The molecule has 0 N–H and O–H groups in total. The standard InChI is InChI=1S/C17H14F3N5/c1-10-13(4-3-7-21-10)25-8-12-15(24(2)9-22-12)11-5-6-14(17(18,19)20)23-16(11)25/h3-7,9H,8H2,1-2H3. The van der Waals surface area contributed by atoms with Crippen molar-refractivity contribution in [1.29, 1.82) is 0 Å². The summed E-state index contributed by atoms with van der Waals surface area (Å²) in [5.41, 5.74) is 2.72. The SMILES string of the molecule is Cc1ncccc1N1Cc2ncn(C)c2-c2ccc(C(F)(F)F)nc21. The summed E-state index contributed by atoms with van der Waals surface area (Å²) in [5.74, 6) is 0.266. The van der Waals surface area contributed by atoms with Crippen molar-refractivity contribution < 1.29 is 13.2 Å². The fraction of sp³-hybridized carbons (Fsp3) is 0.235. The Labute approximate surface area is 141 Å². The van der Waals surface area contributed by atoms with E-state index in [-0.39, 0.29) is 5.82 Å². The molecule has 0 unspecified atom stereocenters. The molecule has 0 saturated heterocycles. The monoisotopic (exact) mass is 345 g/mol. The maximum absolute atomic E-state index is 13.2. The maximum Gasteiger partial charge on any atom is 0.433 e. The van der Waals surface area contributed by atoms with Gasteiger partial charge in [0, 0.05) is 18.8 Å². The Morgan fingerprint density at radius 1 is 1.12 bits per heavy atom. The van der Waals surface area contributed by atoms with Crippen LogP contribution in [0.1, 0.15) is 17.1 Å². The number of pyridine rings is 2. The van der Waals surface area contributed by atoms with Gasteiger partial charge in [0.25, 0.3) is 0 Å². The maximum atomic E-state index is 13.2. The Balaban J connectivity index is 1.97. The average molecular weight is 345 g/mol. The Kier molecular flexibility index (Phi) is 3.31. The van der Waals surface area contributed by atoms with Crippen LogP contribution in [0.15, 0.2) is 36.8 Å². The topological polar surface area (TPSA) is 46.8 Å². The van der Waals surface area contributed by atoms with Gasteiger partial charge in [-0.3, -0.25) is 4.98 Å². The minimum absolute atomic E-state index is 0.266. The van der Waals surface area contributed by atoms with Gasteiger partial charge in [0.1, 0.15) is 11.5 Å². The van der Waals surface area contributed by atoms with Crippen molar-refractivity contribution in [2.75, 3.05) is 4.90 Å². The van der Waals surface area contributed by atoms with Gasteiger partial charge in [-0.05, 0) is 31.2 Å². The molecule has 8 heteroatoms. The number of rotatable bonds is 1. The van der Waals surface area contributed by atoms with E-state index in [1.54, 1.807) is 28.1 Å². The summed E-state index contributed by atoms with van der Waals surface area (Å²) in [6.07, 6.45) is -1.20. The van der Waals surface area contributed by atoms with Crippen LogP contribution in [0.5, 0.6) is 0 Å². The van der Waals surface area contributed by atoms with Crippen LogP contribution < -0.4 is 4.90 Å². The molecule has 0 saturated carbocycles. The van der Waals surface area contributed by atoms with E-state index in [4.69, 9.17) is 0 Å². The lowest BCUT2D eigenvalue weighted by Crippen LogP contribution is -2.25. The smallest absolute Gasteiger partial charge is 0.333 e. The second-order valence-electron chi connectivity index (χ2n) is 5.91. The predicted molar refractivity (Wildman–Crippen MR) is 86.3 cm³/mol. The van der Waals surface area contributed by atoms with Crippen LogP contribution >= 0.6 is 0 Å². The van der Waals surface area contributed by atoms with E-state index < -0.39 is 11.9 Å². The van der Waals surface area contributed by atoms with Gasteiger partial charge in [-0.25, -0.2) is 9.97 Å². The number of aromatic nitrogens is 4. The fourth-order valence-corrected chi connectivity index (χ4v) is 3.12. The van der Waals surface area contributed by atoms with Crippen LogP contribution in [0.3, 0.4) is 0 Å². The molecule has 4 heterocycles. The normalized spacial score (nSPS) is 13.6. The van der Waals surface area contributed by atoms with E-state index in [1.165, 1.54) is 6.07 Å². The van der Waals surface area contributed by atoms with Gasteiger partial charge in [0.05, 0.1) is 35.6 Å². The summed E-state index contributed by atoms with van der Waals surface area (Å²) in [4.78, 5) is 14.3. The van der Waals surface area contributed by atoms with Gasteiger partial charge < -0.3 is 9.47 Å². The van der Waals surface area contributed by atoms with Crippen LogP contribution in [0.2, 0.25) is 0 Å². The molecule has 0 aromatic carbocycles. The molecule has 0 bridgehead atoms. The minimum Gasteiger partial charge on any atom is -0.333 e. The van der Waals surface area contributed by atoms with Crippen LogP contribution in [-0.2, 0) is 19.8 Å². The zero-order valence-electron chi connectivity index (χ0n) is 13.5. The second-order valence-corrected chi connectivity index (χ2v) is 5.91. The van der Waals surface area contributed by atoms with E-state index in [2.05, 4.69) is 15.0 Å². The summed E-state index contributed by atoms with van der Waals surface area (Å²) in [5, 5.41) is 0. The van der Waals surface area contributed by atoms with E-state index in [1.807, 2.05) is 20.0 Å². The number of fused-ring (bicyclic) bond motifs is 3. The van der Waals surface area contributed by atoms with Gasteiger partial charge >= 0.3 is 6.18 Å². The van der Waals surface area contributed by atoms with Crippen molar-refractivity contribution in [3.8, 4) is 11.3 Å². The number of imidazole rings is 1. The number of nitrogens with zero attached hydrogens (tertiary/aromatic N) is 5. The largest absolute Gasteiger partial charge is 0.433 e. The molecule has 0 spiro atoms. The zero-order valence-corrected chi connectivity index (χ0v) is 13.5. The number of anilines is 2. The van der Waals surface area contributed by atoms with Crippen molar-refractivity contribution in [3.05, 3.63) is 53.9 Å². The highest BCUT2D eigenvalue weighted by Gasteiger charge is 2.36. The van der Waals surface area contributed by atoms with Crippen LogP contribution in [0.4, 0.5) is 24.7 Å². The lowest BCUT2D eigenvalue weighted by atomic mass is 10.0. The number of hydrogen-bond donors (Lipinski definition) is 0. The molecule has 3 aromatic rings. The van der Waals surface area contributed by atoms with Crippen LogP contribution in [0, 0.1) is 6.92 Å². The molecule has 0 atom stereocenters. The molecule has 0 amide bonds. The molecule has 3 aromatic heterocycles. The number of halogens is 3. The van der Waals surface area contributed by atoms with Crippen LogP contribution in [0.25, 0.3) is 11.3 Å². The molecule has 1 aliphatic heterocycles. The first-order chi connectivity index (χ1) is 11.9. The summed E-state index contributed by atoms with van der Waals surface area (Å²) in [6.45, 7) is 2.15. The summed E-state index contributed by atoms with van der Waals surface area (Å²) in [7, 11) is 1.82. The van der Waals surface area contributed by atoms with Gasteiger partial charge in [0.15, 0.2) is 0 Å². The Morgan fingerprint density at radius 3 is 2.64 bits per heavy atom. The third-order valence-corrected chi connectivity index (χ3v) is 4.27. The first kappa shape index (κ1) is 15.6. The molecule has 25 heavy (non-hydrogen) atoms. The lowest BCUT2D eigenvalue weighted by Gasteiger charge is -2.31. The molecule has 5 nitrogen and oxygen atoms in total. The van der Waals surface area contributed by atoms with Crippen molar-refractivity contribution in [3.63, 3.8) is 0 Å². The second kappa shape index (κ2) is 5.30. The number of aryl methyl sites for hydroxylation is 2. The molecule has 4 rings (SSSR count). The summed E-state index contributed by atoms with van der Waals surface area (Å²) in [6, 6.07) is 6.05.